The summed E-state index contributed by atoms with van der Waals surface area (Å²) in [6, 6.07) is 0.164. The van der Waals surface area contributed by atoms with Gasteiger partial charge in [0.2, 0.25) is 5.91 Å². The summed E-state index contributed by atoms with van der Waals surface area (Å²) < 4.78 is 0. The van der Waals surface area contributed by atoms with Crippen LogP contribution in [0.1, 0.15) is 45.4 Å². The van der Waals surface area contributed by atoms with Crippen LogP contribution >= 0.6 is 12.2 Å². The fraction of sp³-hybridized carbons (Fsp3) is 0.857. The fourth-order valence-corrected chi connectivity index (χ4v) is 3.62. The maximum Gasteiger partial charge on any atom is 0.233 e. The van der Waals surface area contributed by atoms with E-state index in [4.69, 9.17) is 18.0 Å². The zero-order chi connectivity index (χ0) is 13.9. The summed E-state index contributed by atoms with van der Waals surface area (Å²) in [5.41, 5.74) is 5.26. The molecule has 1 amide bonds. The molecule has 1 saturated carbocycles. The van der Waals surface area contributed by atoms with Crippen LogP contribution in [0.4, 0.5) is 0 Å². The first-order valence-corrected chi connectivity index (χ1v) is 7.79. The summed E-state index contributed by atoms with van der Waals surface area (Å²) in [4.78, 5) is 15.3. The molecule has 1 aliphatic heterocycles. The predicted octanol–water partition coefficient (Wildman–Crippen LogP) is 1.43. The summed E-state index contributed by atoms with van der Waals surface area (Å²) in [7, 11) is 0. The minimum Gasteiger partial charge on any atom is -0.392 e. The van der Waals surface area contributed by atoms with Gasteiger partial charge in [0.1, 0.15) is 0 Å². The molecule has 3 N–H and O–H groups in total. The molecule has 4 nitrogen and oxygen atoms in total. The number of nitrogens with two attached hydrogens (primary N) is 1. The molecule has 0 bridgehead atoms. The van der Waals surface area contributed by atoms with Gasteiger partial charge >= 0.3 is 0 Å². The number of hydrogen-bond donors (Lipinski definition) is 2. The normalized spacial score (nSPS) is 24.3. The van der Waals surface area contributed by atoms with Gasteiger partial charge in [0.05, 0.1) is 10.4 Å². The van der Waals surface area contributed by atoms with Crippen LogP contribution in [-0.4, -0.2) is 41.5 Å². The maximum absolute atomic E-state index is 12.5. The minimum absolute atomic E-state index is 0.0456. The van der Waals surface area contributed by atoms with Crippen molar-refractivity contribution in [2.24, 2.45) is 11.1 Å². The number of rotatable bonds is 5. The van der Waals surface area contributed by atoms with E-state index in [1.165, 1.54) is 12.8 Å². The molecule has 2 rings (SSSR count). The number of amides is 1. The zero-order valence-corrected chi connectivity index (χ0v) is 12.6. The third-order valence-corrected chi connectivity index (χ3v) is 4.86. The number of nitrogens with one attached hydrogen (secondary N) is 1. The lowest BCUT2D eigenvalue weighted by molar-refractivity contribution is -0.128. The third-order valence-electron chi connectivity index (χ3n) is 4.47. The van der Waals surface area contributed by atoms with E-state index < -0.39 is 5.41 Å². The highest BCUT2D eigenvalue weighted by atomic mass is 32.1. The monoisotopic (exact) mass is 283 g/mol. The van der Waals surface area contributed by atoms with Gasteiger partial charge < -0.3 is 16.0 Å². The first kappa shape index (κ1) is 14.7. The average Bonchev–Trinajstić information content (AvgIpc) is 2.98. The second-order valence-corrected chi connectivity index (χ2v) is 6.48. The van der Waals surface area contributed by atoms with Crippen LogP contribution in [0, 0.1) is 5.41 Å². The number of carbonyl (C=O) groups is 1. The largest absolute Gasteiger partial charge is 0.392 e. The molecule has 108 valence electrons. The Morgan fingerprint density at radius 3 is 2.42 bits per heavy atom. The maximum atomic E-state index is 12.5. The van der Waals surface area contributed by atoms with Gasteiger partial charge in [-0.1, -0.05) is 25.1 Å². The van der Waals surface area contributed by atoms with E-state index in [1.54, 1.807) is 0 Å². The van der Waals surface area contributed by atoms with Crippen LogP contribution in [0.2, 0.25) is 0 Å². The molecule has 0 spiro atoms. The zero-order valence-electron chi connectivity index (χ0n) is 11.8. The minimum atomic E-state index is -0.575. The smallest absolute Gasteiger partial charge is 0.233 e. The number of nitrogens with zero attached hydrogens (tertiary/aromatic N) is 1. The van der Waals surface area contributed by atoms with Gasteiger partial charge in [-0.05, 0) is 45.7 Å². The molecular formula is C14H25N3OS. The summed E-state index contributed by atoms with van der Waals surface area (Å²) in [6.07, 6.45) is 6.26. The first-order valence-electron chi connectivity index (χ1n) is 7.38. The van der Waals surface area contributed by atoms with Crippen molar-refractivity contribution in [3.63, 3.8) is 0 Å². The molecule has 0 aromatic rings. The van der Waals surface area contributed by atoms with Crippen molar-refractivity contribution < 1.29 is 4.79 Å². The molecule has 0 aromatic carbocycles. The van der Waals surface area contributed by atoms with Gasteiger partial charge in [-0.2, -0.15) is 0 Å². The van der Waals surface area contributed by atoms with Crippen molar-refractivity contribution in [2.45, 2.75) is 51.5 Å². The van der Waals surface area contributed by atoms with E-state index in [2.05, 4.69) is 17.1 Å². The lowest BCUT2D eigenvalue weighted by Crippen LogP contribution is -2.51. The molecule has 1 unspecified atom stereocenters. The fourth-order valence-electron chi connectivity index (χ4n) is 3.32. The molecule has 1 aliphatic carbocycles. The predicted molar refractivity (Wildman–Crippen MR) is 81.0 cm³/mol. The summed E-state index contributed by atoms with van der Waals surface area (Å²) in [6.45, 7) is 5.30. The highest BCUT2D eigenvalue weighted by Gasteiger charge is 2.44. The van der Waals surface area contributed by atoms with E-state index in [0.717, 1.165) is 45.3 Å². The number of likely N-dealkylation sites (tertiary alicyclic amines) is 1. The van der Waals surface area contributed by atoms with Gasteiger partial charge in [-0.25, -0.2) is 0 Å². The summed E-state index contributed by atoms with van der Waals surface area (Å²) in [5.74, 6) is 0.0456. The second kappa shape index (κ2) is 6.18. The van der Waals surface area contributed by atoms with Crippen LogP contribution in [0.3, 0.4) is 0 Å². The number of hydrogen-bond acceptors (Lipinski definition) is 3. The SMILES string of the molecule is CC(CN1CCCC1)NC(=O)C1(C(N)=S)CCCC1. The lowest BCUT2D eigenvalue weighted by Gasteiger charge is -2.29. The average molecular weight is 283 g/mol. The first-order chi connectivity index (χ1) is 9.04. The Morgan fingerprint density at radius 1 is 1.32 bits per heavy atom. The Morgan fingerprint density at radius 2 is 1.89 bits per heavy atom. The van der Waals surface area contributed by atoms with Crippen molar-refractivity contribution in [2.75, 3.05) is 19.6 Å². The quantitative estimate of drug-likeness (QED) is 0.750. The Labute approximate surface area is 121 Å². The van der Waals surface area contributed by atoms with Crippen LogP contribution in [0.25, 0.3) is 0 Å². The van der Waals surface area contributed by atoms with Crippen molar-refractivity contribution in [1.82, 2.24) is 10.2 Å². The van der Waals surface area contributed by atoms with Crippen LogP contribution in [0.5, 0.6) is 0 Å². The summed E-state index contributed by atoms with van der Waals surface area (Å²) in [5, 5.41) is 3.12. The molecule has 2 aliphatic rings. The van der Waals surface area contributed by atoms with Gasteiger partial charge in [-0.3, -0.25) is 4.79 Å². The van der Waals surface area contributed by atoms with Gasteiger partial charge in [-0.15, -0.1) is 0 Å². The van der Waals surface area contributed by atoms with Crippen LogP contribution < -0.4 is 11.1 Å². The van der Waals surface area contributed by atoms with E-state index in [-0.39, 0.29) is 11.9 Å². The molecule has 1 heterocycles. The Kier molecular flexibility index (Phi) is 4.79. The highest BCUT2D eigenvalue weighted by Crippen LogP contribution is 2.38. The van der Waals surface area contributed by atoms with E-state index >= 15 is 0 Å². The van der Waals surface area contributed by atoms with Crippen molar-refractivity contribution in [3.8, 4) is 0 Å². The Hall–Kier alpha value is -0.680. The van der Waals surface area contributed by atoms with Gasteiger partial charge in [0.15, 0.2) is 0 Å². The number of thiocarbonyl (C=S) groups is 1. The second-order valence-electron chi connectivity index (χ2n) is 6.04. The lowest BCUT2D eigenvalue weighted by atomic mass is 9.85. The molecule has 0 aromatic heterocycles. The molecule has 0 radical (unpaired) electrons. The van der Waals surface area contributed by atoms with Crippen molar-refractivity contribution in [3.05, 3.63) is 0 Å². The Balaban J connectivity index is 1.89. The van der Waals surface area contributed by atoms with E-state index in [0.29, 0.717) is 4.99 Å². The molecule has 1 atom stereocenters. The van der Waals surface area contributed by atoms with Crippen molar-refractivity contribution in [1.29, 1.82) is 0 Å². The third kappa shape index (κ3) is 3.26. The highest BCUT2D eigenvalue weighted by molar-refractivity contribution is 7.80. The van der Waals surface area contributed by atoms with E-state index in [9.17, 15) is 4.79 Å². The van der Waals surface area contributed by atoms with Crippen LogP contribution in [-0.2, 0) is 4.79 Å². The van der Waals surface area contributed by atoms with Gasteiger partial charge in [0, 0.05) is 12.6 Å². The number of carbonyl (C=O) groups excluding carboxylic acids is 1. The van der Waals surface area contributed by atoms with Gasteiger partial charge in [0.25, 0.3) is 0 Å². The van der Waals surface area contributed by atoms with Crippen molar-refractivity contribution >= 4 is 23.1 Å². The topological polar surface area (TPSA) is 58.4 Å². The summed E-state index contributed by atoms with van der Waals surface area (Å²) >= 11 is 5.15. The molecule has 19 heavy (non-hydrogen) atoms. The molecule has 1 saturated heterocycles. The van der Waals surface area contributed by atoms with Crippen LogP contribution in [0.15, 0.2) is 0 Å². The molecule has 5 heteroatoms. The molecular weight excluding hydrogens is 258 g/mol. The molecule has 2 fully saturated rings. The Bertz CT molecular complexity index is 347. The standard InChI is InChI=1S/C14H25N3OS/c1-11(10-17-8-4-5-9-17)16-13(18)14(12(15)19)6-2-3-7-14/h11H,2-10H2,1H3,(H2,15,19)(H,16,18). The van der Waals surface area contributed by atoms with E-state index in [1.807, 2.05) is 0 Å².